The van der Waals surface area contributed by atoms with Gasteiger partial charge in [-0.1, -0.05) is 0 Å². The fourth-order valence-electron chi connectivity index (χ4n) is 1.31. The molecule has 0 aliphatic carbocycles. The van der Waals surface area contributed by atoms with Crippen LogP contribution in [0.4, 0.5) is 20.2 Å². The Morgan fingerprint density at radius 2 is 1.74 bits per heavy atom. The molecule has 0 fully saturated rings. The van der Waals surface area contributed by atoms with E-state index >= 15 is 0 Å². The number of hydrogen-bond donors (Lipinski definition) is 2. The summed E-state index contributed by atoms with van der Waals surface area (Å²) in [6.07, 6.45) is 0. The maximum absolute atomic E-state index is 13.4. The van der Waals surface area contributed by atoms with Crippen molar-refractivity contribution >= 4 is 23.2 Å². The Hall–Kier alpha value is -2.02. The van der Waals surface area contributed by atoms with E-state index in [1.165, 1.54) is 6.92 Å². The molecule has 0 bridgehead atoms. The summed E-state index contributed by atoms with van der Waals surface area (Å²) in [5.41, 5.74) is -0.435. The lowest BCUT2D eigenvalue weighted by Gasteiger charge is -2.10. The molecule has 1 aromatic rings. The third kappa shape index (κ3) is 4.63. The highest BCUT2D eigenvalue weighted by atomic mass is 19.1. The van der Waals surface area contributed by atoms with Gasteiger partial charge >= 0.3 is 0 Å². The van der Waals surface area contributed by atoms with Crippen molar-refractivity contribution < 1.29 is 23.1 Å². The van der Waals surface area contributed by atoms with Gasteiger partial charge in [-0.15, -0.1) is 0 Å². The summed E-state index contributed by atoms with van der Waals surface area (Å²) in [7, 11) is 0. The normalized spacial score (nSPS) is 10.1. The number of amides is 2. The molecule has 0 heterocycles. The molecule has 5 nitrogen and oxygen atoms in total. The Labute approximate surface area is 108 Å². The third-order valence-electron chi connectivity index (χ3n) is 2.08. The molecule has 104 valence electrons. The van der Waals surface area contributed by atoms with Crippen molar-refractivity contribution in [3.05, 3.63) is 23.8 Å². The number of benzene rings is 1. The van der Waals surface area contributed by atoms with Gasteiger partial charge in [-0.2, -0.15) is 0 Å². The molecular formula is C12H14F2N2O3. The minimum atomic E-state index is -0.934. The SMILES string of the molecule is CCOCC(=O)Nc1cc(NC(C)=O)c(F)cc1F. The molecule has 7 heteroatoms. The Balaban J connectivity index is 2.88. The average Bonchev–Trinajstić information content (AvgIpc) is 2.32. The second kappa shape index (κ2) is 6.79. The van der Waals surface area contributed by atoms with E-state index in [0.29, 0.717) is 12.7 Å². The van der Waals surface area contributed by atoms with E-state index in [1.807, 2.05) is 0 Å². The highest BCUT2D eigenvalue weighted by Gasteiger charge is 2.13. The molecule has 0 radical (unpaired) electrons. The van der Waals surface area contributed by atoms with Crippen LogP contribution in [0.5, 0.6) is 0 Å². The molecule has 2 N–H and O–H groups in total. The van der Waals surface area contributed by atoms with Gasteiger partial charge in [0, 0.05) is 19.6 Å². The van der Waals surface area contributed by atoms with Crippen LogP contribution in [0.1, 0.15) is 13.8 Å². The molecule has 0 aromatic heterocycles. The molecule has 1 rings (SSSR count). The predicted molar refractivity (Wildman–Crippen MR) is 65.8 cm³/mol. The van der Waals surface area contributed by atoms with Gasteiger partial charge in [0.2, 0.25) is 11.8 Å². The van der Waals surface area contributed by atoms with Crippen molar-refractivity contribution in [2.24, 2.45) is 0 Å². The Morgan fingerprint density at radius 3 is 2.26 bits per heavy atom. The Morgan fingerprint density at radius 1 is 1.16 bits per heavy atom. The largest absolute Gasteiger partial charge is 0.372 e. The smallest absolute Gasteiger partial charge is 0.250 e. The standard InChI is InChI=1S/C12H14F2N2O3/c1-3-19-6-12(18)16-11-5-10(15-7(2)17)8(13)4-9(11)14/h4-5H,3,6H2,1-2H3,(H,15,17)(H,16,18). The van der Waals surface area contributed by atoms with Crippen molar-refractivity contribution in [3.8, 4) is 0 Å². The molecule has 0 atom stereocenters. The maximum Gasteiger partial charge on any atom is 0.250 e. The number of carbonyl (C=O) groups excluding carboxylic acids is 2. The molecule has 2 amide bonds. The second-order valence-corrected chi connectivity index (χ2v) is 3.68. The quantitative estimate of drug-likeness (QED) is 0.860. The van der Waals surface area contributed by atoms with Crippen molar-refractivity contribution in [2.45, 2.75) is 13.8 Å². The van der Waals surface area contributed by atoms with E-state index in [0.717, 1.165) is 6.07 Å². The van der Waals surface area contributed by atoms with E-state index in [9.17, 15) is 18.4 Å². The molecular weight excluding hydrogens is 258 g/mol. The first-order valence-electron chi connectivity index (χ1n) is 5.58. The van der Waals surface area contributed by atoms with Gasteiger partial charge in [0.1, 0.15) is 18.2 Å². The van der Waals surface area contributed by atoms with E-state index in [4.69, 9.17) is 4.74 Å². The lowest BCUT2D eigenvalue weighted by molar-refractivity contribution is -0.120. The number of hydrogen-bond acceptors (Lipinski definition) is 3. The number of ether oxygens (including phenoxy) is 1. The molecule has 1 aromatic carbocycles. The van der Waals surface area contributed by atoms with Crippen LogP contribution in [-0.2, 0) is 14.3 Å². The van der Waals surface area contributed by atoms with Gasteiger partial charge in [-0.05, 0) is 13.0 Å². The molecule has 0 aliphatic heterocycles. The lowest BCUT2D eigenvalue weighted by atomic mass is 10.2. The summed E-state index contributed by atoms with van der Waals surface area (Å²) in [5, 5.41) is 4.42. The minimum Gasteiger partial charge on any atom is -0.372 e. The average molecular weight is 272 g/mol. The third-order valence-corrected chi connectivity index (χ3v) is 2.08. The summed E-state index contributed by atoms with van der Waals surface area (Å²) in [4.78, 5) is 22.2. The van der Waals surface area contributed by atoms with E-state index in [2.05, 4.69) is 10.6 Å². The van der Waals surface area contributed by atoms with Gasteiger partial charge in [0.25, 0.3) is 0 Å². The van der Waals surface area contributed by atoms with Crippen LogP contribution in [0, 0.1) is 11.6 Å². The molecule has 0 saturated carbocycles. The van der Waals surface area contributed by atoms with E-state index in [-0.39, 0.29) is 18.0 Å². The molecule has 0 aliphatic rings. The second-order valence-electron chi connectivity index (χ2n) is 3.68. The molecule has 0 spiro atoms. The Bertz CT molecular complexity index is 492. The number of halogens is 2. The van der Waals surface area contributed by atoms with Crippen LogP contribution in [0.15, 0.2) is 12.1 Å². The maximum atomic E-state index is 13.4. The van der Waals surface area contributed by atoms with Crippen molar-refractivity contribution in [2.75, 3.05) is 23.8 Å². The highest BCUT2D eigenvalue weighted by molar-refractivity contribution is 5.94. The van der Waals surface area contributed by atoms with Crippen LogP contribution < -0.4 is 10.6 Å². The van der Waals surface area contributed by atoms with Gasteiger partial charge in [0.05, 0.1) is 11.4 Å². The zero-order valence-electron chi connectivity index (χ0n) is 10.5. The van der Waals surface area contributed by atoms with Crippen LogP contribution in [0.3, 0.4) is 0 Å². The van der Waals surface area contributed by atoms with Gasteiger partial charge in [0.15, 0.2) is 0 Å². The van der Waals surface area contributed by atoms with E-state index < -0.39 is 23.4 Å². The first-order valence-corrected chi connectivity index (χ1v) is 5.58. The molecule has 19 heavy (non-hydrogen) atoms. The van der Waals surface area contributed by atoms with Crippen LogP contribution >= 0.6 is 0 Å². The van der Waals surface area contributed by atoms with Crippen LogP contribution in [-0.4, -0.2) is 25.0 Å². The van der Waals surface area contributed by atoms with E-state index in [1.54, 1.807) is 6.92 Å². The molecule has 0 unspecified atom stereocenters. The number of nitrogens with one attached hydrogen (secondary N) is 2. The first-order chi connectivity index (χ1) is 8.93. The Kier molecular flexibility index (Phi) is 5.37. The van der Waals surface area contributed by atoms with Crippen molar-refractivity contribution in [3.63, 3.8) is 0 Å². The summed E-state index contributed by atoms with van der Waals surface area (Å²) in [6.45, 7) is 3.01. The van der Waals surface area contributed by atoms with Crippen molar-refractivity contribution in [1.29, 1.82) is 0 Å². The lowest BCUT2D eigenvalue weighted by Crippen LogP contribution is -2.19. The topological polar surface area (TPSA) is 67.4 Å². The minimum absolute atomic E-state index is 0.208. The fourth-order valence-corrected chi connectivity index (χ4v) is 1.31. The summed E-state index contributed by atoms with van der Waals surface area (Å²) >= 11 is 0. The zero-order valence-corrected chi connectivity index (χ0v) is 10.5. The number of rotatable bonds is 5. The van der Waals surface area contributed by atoms with Gasteiger partial charge < -0.3 is 15.4 Å². The fraction of sp³-hybridized carbons (Fsp3) is 0.333. The van der Waals surface area contributed by atoms with Crippen LogP contribution in [0.2, 0.25) is 0 Å². The first kappa shape index (κ1) is 15.0. The predicted octanol–water partition coefficient (Wildman–Crippen LogP) is 1.90. The summed E-state index contributed by atoms with van der Waals surface area (Å²) in [6, 6.07) is 1.59. The highest BCUT2D eigenvalue weighted by Crippen LogP contribution is 2.23. The number of anilines is 2. The van der Waals surface area contributed by atoms with Crippen LogP contribution in [0.25, 0.3) is 0 Å². The zero-order chi connectivity index (χ0) is 14.4. The van der Waals surface area contributed by atoms with Gasteiger partial charge in [-0.25, -0.2) is 8.78 Å². The monoisotopic (exact) mass is 272 g/mol. The van der Waals surface area contributed by atoms with Gasteiger partial charge in [-0.3, -0.25) is 9.59 Å². The summed E-state index contributed by atoms with van der Waals surface area (Å²) < 4.78 is 31.6. The summed E-state index contributed by atoms with van der Waals surface area (Å²) in [5.74, 6) is -2.93. The molecule has 0 saturated heterocycles. The number of carbonyl (C=O) groups is 2. The van der Waals surface area contributed by atoms with Crippen molar-refractivity contribution in [1.82, 2.24) is 0 Å².